The minimum Gasteiger partial charge on any atom is -0.465 e. The SMILES string of the molecule is COC(=O)c1cccc(N2CCN(C(=O)c3cccc(Cl)c3)CC2)c1. The number of hydrogen-bond donors (Lipinski definition) is 0. The molecule has 25 heavy (non-hydrogen) atoms. The normalized spacial score (nSPS) is 14.3. The second-order valence-electron chi connectivity index (χ2n) is 5.83. The van der Waals surface area contributed by atoms with E-state index in [0.29, 0.717) is 42.3 Å². The number of amides is 1. The quantitative estimate of drug-likeness (QED) is 0.791. The van der Waals surface area contributed by atoms with Crippen molar-refractivity contribution in [2.75, 3.05) is 38.2 Å². The lowest BCUT2D eigenvalue weighted by Crippen LogP contribution is -2.48. The number of nitrogens with zero attached hydrogens (tertiary/aromatic N) is 2. The predicted octanol–water partition coefficient (Wildman–Crippen LogP) is 3.09. The third kappa shape index (κ3) is 3.94. The Balaban J connectivity index is 1.66. The zero-order valence-corrected chi connectivity index (χ0v) is 14.7. The number of benzene rings is 2. The van der Waals surface area contributed by atoms with Crippen LogP contribution in [0, 0.1) is 0 Å². The van der Waals surface area contributed by atoms with Crippen LogP contribution in [0.5, 0.6) is 0 Å². The molecule has 1 amide bonds. The van der Waals surface area contributed by atoms with E-state index in [-0.39, 0.29) is 11.9 Å². The number of carbonyl (C=O) groups is 2. The van der Waals surface area contributed by atoms with Crippen LogP contribution < -0.4 is 4.90 Å². The third-order valence-electron chi connectivity index (χ3n) is 4.27. The molecule has 0 saturated carbocycles. The van der Waals surface area contributed by atoms with E-state index in [1.807, 2.05) is 23.1 Å². The summed E-state index contributed by atoms with van der Waals surface area (Å²) in [5, 5.41) is 0.559. The average Bonchev–Trinajstić information content (AvgIpc) is 2.67. The zero-order valence-electron chi connectivity index (χ0n) is 13.9. The van der Waals surface area contributed by atoms with E-state index in [1.54, 1.807) is 30.3 Å². The van der Waals surface area contributed by atoms with Gasteiger partial charge in [-0.3, -0.25) is 4.79 Å². The molecular formula is C19H19ClN2O3. The summed E-state index contributed by atoms with van der Waals surface area (Å²) >= 11 is 5.97. The molecule has 0 atom stereocenters. The van der Waals surface area contributed by atoms with Crippen LogP contribution in [-0.2, 0) is 4.74 Å². The number of hydrogen-bond acceptors (Lipinski definition) is 4. The second kappa shape index (κ2) is 7.57. The maximum atomic E-state index is 12.6. The van der Waals surface area contributed by atoms with Crippen LogP contribution >= 0.6 is 11.6 Å². The molecule has 2 aromatic carbocycles. The van der Waals surface area contributed by atoms with Gasteiger partial charge in [-0.1, -0.05) is 23.7 Å². The van der Waals surface area contributed by atoms with Crippen LogP contribution in [0.3, 0.4) is 0 Å². The van der Waals surface area contributed by atoms with Crippen molar-refractivity contribution < 1.29 is 14.3 Å². The molecular weight excluding hydrogens is 340 g/mol. The van der Waals surface area contributed by atoms with Gasteiger partial charge in [0.05, 0.1) is 12.7 Å². The van der Waals surface area contributed by atoms with Gasteiger partial charge in [0.15, 0.2) is 0 Å². The molecule has 1 heterocycles. The van der Waals surface area contributed by atoms with E-state index < -0.39 is 0 Å². The first-order valence-corrected chi connectivity index (χ1v) is 8.44. The predicted molar refractivity (Wildman–Crippen MR) is 97.4 cm³/mol. The summed E-state index contributed by atoms with van der Waals surface area (Å²) in [6.45, 7) is 2.65. The Kier molecular flexibility index (Phi) is 5.24. The largest absolute Gasteiger partial charge is 0.465 e. The molecule has 0 aromatic heterocycles. The second-order valence-corrected chi connectivity index (χ2v) is 6.27. The molecule has 0 unspecified atom stereocenters. The standard InChI is InChI=1S/C19H19ClN2O3/c1-25-19(24)15-5-3-7-17(13-15)21-8-10-22(11-9-21)18(23)14-4-2-6-16(20)12-14/h2-7,12-13H,8-11H2,1H3. The fraction of sp³-hybridized carbons (Fsp3) is 0.263. The third-order valence-corrected chi connectivity index (χ3v) is 4.51. The highest BCUT2D eigenvalue weighted by atomic mass is 35.5. The maximum absolute atomic E-state index is 12.6. The van der Waals surface area contributed by atoms with Crippen molar-refractivity contribution in [2.24, 2.45) is 0 Å². The molecule has 1 saturated heterocycles. The monoisotopic (exact) mass is 358 g/mol. The van der Waals surface area contributed by atoms with Crippen LogP contribution in [0.25, 0.3) is 0 Å². The lowest BCUT2D eigenvalue weighted by atomic mass is 10.1. The Morgan fingerprint density at radius 1 is 0.960 bits per heavy atom. The van der Waals surface area contributed by atoms with Crippen molar-refractivity contribution in [1.29, 1.82) is 0 Å². The topological polar surface area (TPSA) is 49.9 Å². The Bertz CT molecular complexity index is 786. The number of halogens is 1. The molecule has 1 fully saturated rings. The van der Waals surface area contributed by atoms with Gasteiger partial charge in [0.2, 0.25) is 0 Å². The Labute approximate surface area is 151 Å². The summed E-state index contributed by atoms with van der Waals surface area (Å²) in [6, 6.07) is 14.4. The van der Waals surface area contributed by atoms with Gasteiger partial charge in [-0.2, -0.15) is 0 Å². The average molecular weight is 359 g/mol. The highest BCUT2D eigenvalue weighted by Crippen LogP contribution is 2.20. The van der Waals surface area contributed by atoms with Gasteiger partial charge in [0, 0.05) is 42.5 Å². The van der Waals surface area contributed by atoms with Gasteiger partial charge in [-0.15, -0.1) is 0 Å². The Morgan fingerprint density at radius 2 is 1.64 bits per heavy atom. The van der Waals surface area contributed by atoms with Gasteiger partial charge in [-0.25, -0.2) is 4.79 Å². The lowest BCUT2D eigenvalue weighted by molar-refractivity contribution is 0.0600. The van der Waals surface area contributed by atoms with E-state index >= 15 is 0 Å². The van der Waals surface area contributed by atoms with Gasteiger partial charge < -0.3 is 14.5 Å². The van der Waals surface area contributed by atoms with Crippen LogP contribution in [0.1, 0.15) is 20.7 Å². The molecule has 2 aromatic rings. The van der Waals surface area contributed by atoms with Crippen molar-refractivity contribution in [1.82, 2.24) is 4.90 Å². The van der Waals surface area contributed by atoms with Gasteiger partial charge in [-0.05, 0) is 36.4 Å². The van der Waals surface area contributed by atoms with Crippen molar-refractivity contribution in [3.8, 4) is 0 Å². The van der Waals surface area contributed by atoms with Gasteiger partial charge >= 0.3 is 5.97 Å². The van der Waals surface area contributed by atoms with Crippen molar-refractivity contribution >= 4 is 29.2 Å². The van der Waals surface area contributed by atoms with Gasteiger partial charge in [0.25, 0.3) is 5.91 Å². The van der Waals surface area contributed by atoms with E-state index in [9.17, 15) is 9.59 Å². The fourth-order valence-electron chi connectivity index (χ4n) is 2.92. The summed E-state index contributed by atoms with van der Waals surface area (Å²) in [5.74, 6) is -0.359. The molecule has 0 spiro atoms. The number of carbonyl (C=O) groups excluding carboxylic acids is 2. The van der Waals surface area contributed by atoms with Crippen LogP contribution in [0.2, 0.25) is 5.02 Å². The summed E-state index contributed by atoms with van der Waals surface area (Å²) < 4.78 is 4.76. The number of anilines is 1. The molecule has 0 aliphatic carbocycles. The summed E-state index contributed by atoms with van der Waals surface area (Å²) in [6.07, 6.45) is 0. The van der Waals surface area contributed by atoms with Crippen LogP contribution in [0.15, 0.2) is 48.5 Å². The minimum absolute atomic E-state index is 0.00883. The molecule has 1 aliphatic heterocycles. The molecule has 0 N–H and O–H groups in total. The molecule has 0 radical (unpaired) electrons. The summed E-state index contributed by atoms with van der Waals surface area (Å²) in [5.41, 5.74) is 2.09. The smallest absolute Gasteiger partial charge is 0.337 e. The van der Waals surface area contributed by atoms with E-state index in [0.717, 1.165) is 5.69 Å². The molecule has 130 valence electrons. The Hall–Kier alpha value is -2.53. The van der Waals surface area contributed by atoms with E-state index in [4.69, 9.17) is 16.3 Å². The Morgan fingerprint density at radius 3 is 2.32 bits per heavy atom. The molecule has 6 heteroatoms. The number of ether oxygens (including phenoxy) is 1. The first-order chi connectivity index (χ1) is 12.1. The zero-order chi connectivity index (χ0) is 17.8. The van der Waals surface area contributed by atoms with Crippen LogP contribution in [0.4, 0.5) is 5.69 Å². The van der Waals surface area contributed by atoms with E-state index in [2.05, 4.69) is 4.90 Å². The highest BCUT2D eigenvalue weighted by molar-refractivity contribution is 6.30. The number of rotatable bonds is 3. The number of esters is 1. The van der Waals surface area contributed by atoms with Gasteiger partial charge in [0.1, 0.15) is 0 Å². The maximum Gasteiger partial charge on any atom is 0.337 e. The van der Waals surface area contributed by atoms with Crippen molar-refractivity contribution in [2.45, 2.75) is 0 Å². The first-order valence-electron chi connectivity index (χ1n) is 8.06. The van der Waals surface area contributed by atoms with Crippen LogP contribution in [-0.4, -0.2) is 50.1 Å². The lowest BCUT2D eigenvalue weighted by Gasteiger charge is -2.36. The molecule has 1 aliphatic rings. The van der Waals surface area contributed by atoms with E-state index in [1.165, 1.54) is 7.11 Å². The van der Waals surface area contributed by atoms with Crippen molar-refractivity contribution in [3.63, 3.8) is 0 Å². The first kappa shape index (κ1) is 17.3. The fourth-order valence-corrected chi connectivity index (χ4v) is 3.11. The summed E-state index contributed by atoms with van der Waals surface area (Å²) in [4.78, 5) is 28.2. The van der Waals surface area contributed by atoms with Crippen molar-refractivity contribution in [3.05, 3.63) is 64.7 Å². The number of piperazine rings is 1. The minimum atomic E-state index is -0.350. The molecule has 3 rings (SSSR count). The molecule has 5 nitrogen and oxygen atoms in total. The summed E-state index contributed by atoms with van der Waals surface area (Å²) in [7, 11) is 1.37. The number of methoxy groups -OCH3 is 1. The molecule has 0 bridgehead atoms. The highest BCUT2D eigenvalue weighted by Gasteiger charge is 2.23.